The van der Waals surface area contributed by atoms with Gasteiger partial charge < -0.3 is 13.7 Å². The Morgan fingerprint density at radius 3 is 2.02 bits per heavy atom. The third kappa shape index (κ3) is 3.92. The Morgan fingerprint density at radius 1 is 0.447 bits per heavy atom. The van der Waals surface area contributed by atoms with Gasteiger partial charge in [-0.3, -0.25) is 0 Å². The van der Waals surface area contributed by atoms with Crippen LogP contribution in [0.25, 0.3) is 77.9 Å². The molecule has 0 bridgehead atoms. The van der Waals surface area contributed by atoms with Gasteiger partial charge in [0.15, 0.2) is 5.76 Å². The fourth-order valence-electron chi connectivity index (χ4n) is 7.17. The molecule has 4 heteroatoms. The van der Waals surface area contributed by atoms with Crippen molar-refractivity contribution >= 4 is 49.8 Å². The molecule has 2 heterocycles. The Balaban J connectivity index is 1.23. The van der Waals surface area contributed by atoms with E-state index in [1.807, 2.05) is 42.5 Å². The third-order valence-electron chi connectivity index (χ3n) is 9.24. The van der Waals surface area contributed by atoms with Crippen LogP contribution in [-0.4, -0.2) is 4.98 Å². The summed E-state index contributed by atoms with van der Waals surface area (Å²) in [6, 6.07) is 54.9. The SMILES string of the molecule is c1ccc(-c2cccc(N(c3ccc4c5c(cccc35)-c3nc(-c5ccccc5)oc3-4)c3cccc4oc5ccccc5c34)c2)cc1. The van der Waals surface area contributed by atoms with Crippen molar-refractivity contribution in [3.05, 3.63) is 158 Å². The first-order valence-electron chi connectivity index (χ1n) is 15.8. The van der Waals surface area contributed by atoms with Gasteiger partial charge in [0.1, 0.15) is 16.9 Å². The number of furan rings is 1. The van der Waals surface area contributed by atoms with Crippen molar-refractivity contribution in [2.24, 2.45) is 0 Å². The molecule has 4 nitrogen and oxygen atoms in total. The summed E-state index contributed by atoms with van der Waals surface area (Å²) in [6.45, 7) is 0. The number of rotatable bonds is 5. The largest absolute Gasteiger partial charge is 0.456 e. The van der Waals surface area contributed by atoms with Gasteiger partial charge in [-0.05, 0) is 65.7 Å². The Bertz CT molecular complexity index is 2610. The summed E-state index contributed by atoms with van der Waals surface area (Å²) in [5.41, 5.74) is 11.3. The molecule has 10 rings (SSSR count). The van der Waals surface area contributed by atoms with Gasteiger partial charge in [0.2, 0.25) is 5.89 Å². The maximum atomic E-state index is 6.48. The topological polar surface area (TPSA) is 42.4 Å². The maximum Gasteiger partial charge on any atom is 0.227 e. The van der Waals surface area contributed by atoms with Gasteiger partial charge in [-0.2, -0.15) is 0 Å². The molecular weight excluding hydrogens is 576 g/mol. The fraction of sp³-hybridized carbons (Fsp3) is 0. The van der Waals surface area contributed by atoms with E-state index in [-0.39, 0.29) is 0 Å². The highest BCUT2D eigenvalue weighted by Gasteiger charge is 2.30. The second-order valence-electron chi connectivity index (χ2n) is 11.9. The molecule has 0 unspecified atom stereocenters. The minimum Gasteiger partial charge on any atom is -0.456 e. The van der Waals surface area contributed by atoms with Crippen molar-refractivity contribution in [1.29, 1.82) is 0 Å². The van der Waals surface area contributed by atoms with Crippen molar-refractivity contribution < 1.29 is 8.83 Å². The van der Waals surface area contributed by atoms with Crippen LogP contribution in [0.15, 0.2) is 167 Å². The van der Waals surface area contributed by atoms with Gasteiger partial charge in [0, 0.05) is 38.5 Å². The van der Waals surface area contributed by atoms with Crippen LogP contribution in [0.2, 0.25) is 0 Å². The lowest BCUT2D eigenvalue weighted by Crippen LogP contribution is -2.11. The number of oxazole rings is 1. The summed E-state index contributed by atoms with van der Waals surface area (Å²) >= 11 is 0. The number of anilines is 3. The molecule has 2 aromatic heterocycles. The average molecular weight is 603 g/mol. The summed E-state index contributed by atoms with van der Waals surface area (Å²) in [4.78, 5) is 7.39. The molecule has 7 aromatic carbocycles. The average Bonchev–Trinajstić information content (AvgIpc) is 3.83. The summed E-state index contributed by atoms with van der Waals surface area (Å²) in [7, 11) is 0. The van der Waals surface area contributed by atoms with Crippen LogP contribution in [0.5, 0.6) is 0 Å². The zero-order valence-corrected chi connectivity index (χ0v) is 25.2. The van der Waals surface area contributed by atoms with Crippen molar-refractivity contribution in [1.82, 2.24) is 4.98 Å². The van der Waals surface area contributed by atoms with Crippen LogP contribution >= 0.6 is 0 Å². The zero-order chi connectivity index (χ0) is 30.9. The van der Waals surface area contributed by atoms with Gasteiger partial charge in [-0.25, -0.2) is 4.98 Å². The van der Waals surface area contributed by atoms with Crippen LogP contribution in [0.3, 0.4) is 0 Å². The summed E-state index contributed by atoms with van der Waals surface area (Å²) in [5.74, 6) is 1.46. The van der Waals surface area contributed by atoms with Crippen molar-refractivity contribution in [3.8, 4) is 45.2 Å². The molecule has 9 aromatic rings. The molecule has 1 aliphatic carbocycles. The monoisotopic (exact) mass is 602 g/mol. The molecule has 0 saturated carbocycles. The number of aromatic nitrogens is 1. The summed E-state index contributed by atoms with van der Waals surface area (Å²) < 4.78 is 12.9. The number of hydrogen-bond acceptors (Lipinski definition) is 4. The quantitative estimate of drug-likeness (QED) is 0.197. The Kier molecular flexibility index (Phi) is 5.54. The van der Waals surface area contributed by atoms with Gasteiger partial charge >= 0.3 is 0 Å². The molecule has 1 aliphatic rings. The Morgan fingerprint density at radius 2 is 1.15 bits per heavy atom. The molecular formula is C43H26N2O2. The molecule has 0 fully saturated rings. The number of benzene rings is 7. The smallest absolute Gasteiger partial charge is 0.227 e. The van der Waals surface area contributed by atoms with E-state index in [0.717, 1.165) is 83.5 Å². The first-order valence-corrected chi connectivity index (χ1v) is 15.8. The lowest BCUT2D eigenvalue weighted by atomic mass is 9.99. The number of hydrogen-bond donors (Lipinski definition) is 0. The van der Waals surface area contributed by atoms with Gasteiger partial charge in [-0.1, -0.05) is 103 Å². The molecule has 0 amide bonds. The second-order valence-corrected chi connectivity index (χ2v) is 11.9. The van der Waals surface area contributed by atoms with Crippen molar-refractivity contribution in [2.45, 2.75) is 0 Å². The minimum absolute atomic E-state index is 0.639. The van der Waals surface area contributed by atoms with Crippen LogP contribution < -0.4 is 4.90 Å². The molecule has 0 N–H and O–H groups in total. The molecule has 0 aliphatic heterocycles. The van der Waals surface area contributed by atoms with E-state index in [9.17, 15) is 0 Å². The van der Waals surface area contributed by atoms with E-state index in [1.165, 1.54) is 5.56 Å². The van der Waals surface area contributed by atoms with Crippen LogP contribution in [0.4, 0.5) is 17.1 Å². The van der Waals surface area contributed by atoms with E-state index in [2.05, 4.69) is 120 Å². The second kappa shape index (κ2) is 10.1. The van der Waals surface area contributed by atoms with Gasteiger partial charge in [0.05, 0.1) is 16.8 Å². The molecule has 0 atom stereocenters. The van der Waals surface area contributed by atoms with E-state index >= 15 is 0 Å². The number of nitrogens with zero attached hydrogens (tertiary/aromatic N) is 2. The minimum atomic E-state index is 0.639. The standard InChI is InChI=1S/C43H26N2O2/c1-3-12-27(13-4-1)29-16-9-17-30(26-29)45(36-21-11-23-38-40(36)32-18-7-8-22-37(32)46-38)35-25-24-34-39-31(35)19-10-20-33(39)41-42(34)47-43(44-41)28-14-5-2-6-15-28/h1-26H. The highest BCUT2D eigenvalue weighted by molar-refractivity contribution is 6.19. The zero-order valence-electron chi connectivity index (χ0n) is 25.2. The number of para-hydroxylation sites is 1. The maximum absolute atomic E-state index is 6.48. The van der Waals surface area contributed by atoms with Crippen LogP contribution in [-0.2, 0) is 0 Å². The highest BCUT2D eigenvalue weighted by atomic mass is 16.4. The van der Waals surface area contributed by atoms with E-state index in [4.69, 9.17) is 13.8 Å². The lowest BCUT2D eigenvalue weighted by Gasteiger charge is -2.28. The van der Waals surface area contributed by atoms with Gasteiger partial charge in [-0.15, -0.1) is 0 Å². The van der Waals surface area contributed by atoms with E-state index in [0.29, 0.717) is 5.89 Å². The molecule has 0 radical (unpaired) electrons. The van der Waals surface area contributed by atoms with Crippen molar-refractivity contribution in [3.63, 3.8) is 0 Å². The predicted molar refractivity (Wildman–Crippen MR) is 191 cm³/mol. The third-order valence-corrected chi connectivity index (χ3v) is 9.24. The summed E-state index contributed by atoms with van der Waals surface area (Å²) in [5, 5.41) is 4.45. The molecule has 220 valence electrons. The van der Waals surface area contributed by atoms with Gasteiger partial charge in [0.25, 0.3) is 0 Å². The highest BCUT2D eigenvalue weighted by Crippen LogP contribution is 2.53. The van der Waals surface area contributed by atoms with Crippen LogP contribution in [0, 0.1) is 0 Å². The molecule has 47 heavy (non-hydrogen) atoms. The predicted octanol–water partition coefficient (Wildman–Crippen LogP) is 12.2. The lowest BCUT2D eigenvalue weighted by molar-refractivity contribution is 0.590. The molecule has 0 spiro atoms. The van der Waals surface area contributed by atoms with Crippen molar-refractivity contribution in [2.75, 3.05) is 4.90 Å². The molecule has 0 saturated heterocycles. The van der Waals surface area contributed by atoms with Crippen LogP contribution in [0.1, 0.15) is 0 Å². The first-order chi connectivity index (χ1) is 23.3. The van der Waals surface area contributed by atoms with E-state index in [1.54, 1.807) is 0 Å². The first kappa shape index (κ1) is 25.9. The Hall–Kier alpha value is -6.39. The van der Waals surface area contributed by atoms with E-state index < -0.39 is 0 Å². The Labute approximate surface area is 270 Å². The normalized spacial score (nSPS) is 11.8. The fourth-order valence-corrected chi connectivity index (χ4v) is 7.17. The summed E-state index contributed by atoms with van der Waals surface area (Å²) in [6.07, 6.45) is 0. The number of fused-ring (bicyclic) bond motifs is 6.